The first-order chi connectivity index (χ1) is 24.3. The fourth-order valence-electron chi connectivity index (χ4n) is 6.27. The van der Waals surface area contributed by atoms with E-state index in [4.69, 9.17) is 27.8 Å². The summed E-state index contributed by atoms with van der Waals surface area (Å²) in [4.78, 5) is 30.2. The van der Waals surface area contributed by atoms with Gasteiger partial charge in [0, 0.05) is 6.20 Å². The van der Waals surface area contributed by atoms with Crippen molar-refractivity contribution >= 4 is 19.6 Å². The maximum Gasteiger partial charge on any atom is 0.478 e. The minimum atomic E-state index is -4.36. The monoisotopic (exact) mass is 721 g/mol. The van der Waals surface area contributed by atoms with E-state index in [1.807, 2.05) is 84.9 Å². The minimum absolute atomic E-state index is 0.202. The van der Waals surface area contributed by atoms with Crippen molar-refractivity contribution in [3.05, 3.63) is 124 Å². The number of ether oxygens (including phenoxy) is 3. The lowest BCUT2D eigenvalue weighted by atomic mass is 9.77. The van der Waals surface area contributed by atoms with E-state index in [9.17, 15) is 14.2 Å². The molecule has 3 heterocycles. The highest BCUT2D eigenvalue weighted by Crippen LogP contribution is 2.60. The fraction of sp³-hybridized carbons (Fsp3) is 0.378. The first-order valence-corrected chi connectivity index (χ1v) is 18.0. The van der Waals surface area contributed by atoms with Gasteiger partial charge >= 0.3 is 19.5 Å². The minimum Gasteiger partial charge on any atom is -0.497 e. The highest BCUT2D eigenvalue weighted by Gasteiger charge is 2.63. The average molecular weight is 722 g/mol. The van der Waals surface area contributed by atoms with Crippen LogP contribution in [0.4, 0.5) is 10.2 Å². The molecule has 0 bridgehead atoms. The summed E-state index contributed by atoms with van der Waals surface area (Å²) < 4.78 is 63.4. The summed E-state index contributed by atoms with van der Waals surface area (Å²) in [5.41, 5.74) is -1.42. The molecule has 0 saturated carbocycles. The largest absolute Gasteiger partial charge is 0.497 e. The van der Waals surface area contributed by atoms with E-state index < -0.39 is 61.3 Å². The van der Waals surface area contributed by atoms with Gasteiger partial charge in [-0.2, -0.15) is 4.98 Å². The van der Waals surface area contributed by atoms with Gasteiger partial charge in [0.2, 0.25) is 6.79 Å². The number of nitrogens with zero attached hydrogens (tertiary/aromatic N) is 2. The maximum atomic E-state index is 16.3. The van der Waals surface area contributed by atoms with E-state index in [1.54, 1.807) is 40.9 Å². The molecule has 270 valence electrons. The summed E-state index contributed by atoms with van der Waals surface area (Å²) >= 11 is 0. The molecule has 6 rings (SSSR count). The number of alkyl halides is 1. The third kappa shape index (κ3) is 7.09. The standard InChI is InChI=1S/C37H41FN3O9P/c1-6-36-23-47-51(44,48-24-46-33(42)35(2,3)4)50-31(36)30(38)32(49-36)41-22-21-29(39-34(41)43)40-37(25-13-9-7-10-14-25,26-15-11-8-12-16-26)27-17-19-28(45-5)20-18-27/h7-22,30-32H,6,23-24H2,1-5H3,(H,39,40,43)/t30-,31+,32-,36-,51?/m1/s1. The molecule has 0 aliphatic carbocycles. The van der Waals surface area contributed by atoms with E-state index in [2.05, 4.69) is 10.3 Å². The molecule has 12 nitrogen and oxygen atoms in total. The van der Waals surface area contributed by atoms with Crippen LogP contribution in [-0.2, 0) is 37.9 Å². The van der Waals surface area contributed by atoms with Gasteiger partial charge < -0.3 is 19.5 Å². The summed E-state index contributed by atoms with van der Waals surface area (Å²) in [6, 6.07) is 28.7. The van der Waals surface area contributed by atoms with Gasteiger partial charge in [0.25, 0.3) is 0 Å². The summed E-state index contributed by atoms with van der Waals surface area (Å²) in [7, 11) is -2.76. The van der Waals surface area contributed by atoms with Crippen molar-refractivity contribution in [2.75, 3.05) is 25.8 Å². The molecule has 51 heavy (non-hydrogen) atoms. The van der Waals surface area contributed by atoms with Crippen LogP contribution in [0.5, 0.6) is 5.75 Å². The van der Waals surface area contributed by atoms with Gasteiger partial charge in [-0.25, -0.2) is 18.3 Å². The molecule has 14 heteroatoms. The molecule has 3 aromatic carbocycles. The number of hydrogen-bond acceptors (Lipinski definition) is 11. The number of phosphoric ester groups is 1. The second kappa shape index (κ2) is 14.3. The molecule has 1 unspecified atom stereocenters. The zero-order chi connectivity index (χ0) is 36.4. The SMILES string of the molecule is CC[C@@]12COP(=O)(OCOC(=O)C(C)(C)C)O[C@H]1[C@@H](F)[C@H](n1ccc(NC(c3ccccc3)(c3ccccc3)c3ccc(OC)cc3)nc1=O)O2. The van der Waals surface area contributed by atoms with Gasteiger partial charge in [-0.1, -0.05) is 79.7 Å². The van der Waals surface area contributed by atoms with E-state index in [-0.39, 0.29) is 18.8 Å². The van der Waals surface area contributed by atoms with Crippen LogP contribution in [0.1, 0.15) is 57.0 Å². The quantitative estimate of drug-likeness (QED) is 0.0762. The van der Waals surface area contributed by atoms with Crippen molar-refractivity contribution in [2.24, 2.45) is 5.41 Å². The predicted octanol–water partition coefficient (Wildman–Crippen LogP) is 6.76. The Hall–Kier alpha value is -4.39. The molecule has 2 fully saturated rings. The first-order valence-electron chi connectivity index (χ1n) is 16.5. The van der Waals surface area contributed by atoms with Crippen molar-refractivity contribution in [2.45, 2.75) is 63.8 Å². The Labute approximate surface area is 295 Å². The molecule has 1 aromatic heterocycles. The lowest BCUT2D eigenvalue weighted by molar-refractivity contribution is -0.167. The van der Waals surface area contributed by atoms with Gasteiger partial charge in [0.15, 0.2) is 12.4 Å². The molecular formula is C37H41FN3O9P. The van der Waals surface area contributed by atoms with E-state index in [0.29, 0.717) is 5.75 Å². The Bertz CT molecular complexity index is 1900. The summed E-state index contributed by atoms with van der Waals surface area (Å²) in [6.45, 7) is 5.60. The van der Waals surface area contributed by atoms with Crippen molar-refractivity contribution in [3.8, 4) is 5.75 Å². The highest BCUT2D eigenvalue weighted by molar-refractivity contribution is 7.48. The number of anilines is 1. The lowest BCUT2D eigenvalue weighted by Gasteiger charge is -2.39. The zero-order valence-electron chi connectivity index (χ0n) is 29.0. The molecule has 5 atom stereocenters. The van der Waals surface area contributed by atoms with Crippen LogP contribution in [-0.4, -0.2) is 53.9 Å². The molecule has 4 aromatic rings. The van der Waals surface area contributed by atoms with Crippen LogP contribution in [0.15, 0.2) is 102 Å². The Balaban J connectivity index is 1.30. The summed E-state index contributed by atoms with van der Waals surface area (Å²) in [6.07, 6.45) is -3.27. The molecule has 2 saturated heterocycles. The maximum absolute atomic E-state index is 16.3. The topological polar surface area (TPSA) is 136 Å². The van der Waals surface area contributed by atoms with Crippen LogP contribution in [0.3, 0.4) is 0 Å². The number of hydrogen-bond donors (Lipinski definition) is 1. The zero-order valence-corrected chi connectivity index (χ0v) is 29.9. The molecule has 0 spiro atoms. The molecule has 2 aliphatic heterocycles. The Kier molecular flexibility index (Phi) is 10.2. The highest BCUT2D eigenvalue weighted by atomic mass is 31.2. The first kappa shape index (κ1) is 36.4. The summed E-state index contributed by atoms with van der Waals surface area (Å²) in [5.74, 6) is 0.303. The van der Waals surface area contributed by atoms with Crippen molar-refractivity contribution < 1.29 is 41.5 Å². The number of methoxy groups -OCH3 is 1. The van der Waals surface area contributed by atoms with E-state index >= 15 is 4.39 Å². The number of carbonyl (C=O) groups is 1. The van der Waals surface area contributed by atoms with Gasteiger partial charge in [0.1, 0.15) is 28.8 Å². The van der Waals surface area contributed by atoms with E-state index in [0.717, 1.165) is 21.3 Å². The molecule has 0 amide bonds. The number of rotatable bonds is 11. The number of carbonyl (C=O) groups excluding carboxylic acids is 1. The number of esters is 1. The summed E-state index contributed by atoms with van der Waals surface area (Å²) in [5, 5.41) is 3.53. The second-order valence-electron chi connectivity index (χ2n) is 13.4. The van der Waals surface area contributed by atoms with Crippen LogP contribution >= 0.6 is 7.82 Å². The molecule has 2 aliphatic rings. The van der Waals surface area contributed by atoms with Crippen molar-refractivity contribution in [3.63, 3.8) is 0 Å². The number of aromatic nitrogens is 2. The Morgan fingerprint density at radius 2 is 1.61 bits per heavy atom. The molecular weight excluding hydrogens is 680 g/mol. The fourth-order valence-corrected chi connectivity index (χ4v) is 7.61. The van der Waals surface area contributed by atoms with Gasteiger partial charge in [-0.3, -0.25) is 18.4 Å². The number of phosphoric acid groups is 1. The van der Waals surface area contributed by atoms with Gasteiger partial charge in [-0.05, 0) is 62.1 Å². The van der Waals surface area contributed by atoms with Crippen molar-refractivity contribution in [1.82, 2.24) is 9.55 Å². The molecule has 1 N–H and O–H groups in total. The van der Waals surface area contributed by atoms with E-state index in [1.165, 1.54) is 6.20 Å². The van der Waals surface area contributed by atoms with Crippen LogP contribution in [0.2, 0.25) is 0 Å². The van der Waals surface area contributed by atoms with Gasteiger partial charge in [-0.15, -0.1) is 0 Å². The smallest absolute Gasteiger partial charge is 0.478 e. The normalized spacial score (nSPS) is 24.8. The predicted molar refractivity (Wildman–Crippen MR) is 186 cm³/mol. The van der Waals surface area contributed by atoms with Gasteiger partial charge in [0.05, 0.1) is 19.1 Å². The second-order valence-corrected chi connectivity index (χ2v) is 15.0. The average Bonchev–Trinajstić information content (AvgIpc) is 3.42. The lowest BCUT2D eigenvalue weighted by Crippen LogP contribution is -2.49. The molecule has 0 radical (unpaired) electrons. The third-order valence-corrected chi connectivity index (χ3v) is 10.5. The van der Waals surface area contributed by atoms with Crippen LogP contribution in [0.25, 0.3) is 0 Å². The number of benzene rings is 3. The number of halogens is 1. The number of nitrogens with one attached hydrogen (secondary N) is 1. The Morgan fingerprint density at radius 3 is 2.16 bits per heavy atom. The Morgan fingerprint density at radius 1 is 1.00 bits per heavy atom. The van der Waals surface area contributed by atoms with Crippen molar-refractivity contribution in [1.29, 1.82) is 0 Å². The number of fused-ring (bicyclic) bond motifs is 1. The van der Waals surface area contributed by atoms with Crippen LogP contribution < -0.4 is 15.7 Å². The van der Waals surface area contributed by atoms with Crippen LogP contribution in [0, 0.1) is 5.41 Å². The third-order valence-electron chi connectivity index (χ3n) is 9.11.